The topological polar surface area (TPSA) is 55.2 Å². The number of hydrogen-bond donors (Lipinski definition) is 1. The van der Waals surface area contributed by atoms with Crippen LogP contribution < -0.4 is 5.32 Å². The molecule has 4 nitrogen and oxygen atoms in total. The lowest BCUT2D eigenvalue weighted by atomic mass is 10.1. The van der Waals surface area contributed by atoms with Gasteiger partial charge in [0.15, 0.2) is 0 Å². The molecule has 0 aliphatic rings. The zero-order valence-corrected chi connectivity index (χ0v) is 12.3. The predicted molar refractivity (Wildman–Crippen MR) is 81.3 cm³/mol. The molecule has 0 saturated heterocycles. The molecule has 1 atom stereocenters. The molecule has 0 aliphatic carbocycles. The van der Waals surface area contributed by atoms with Gasteiger partial charge in [0, 0.05) is 18.2 Å². The van der Waals surface area contributed by atoms with Gasteiger partial charge in [0.2, 0.25) is 0 Å². The van der Waals surface area contributed by atoms with Crippen molar-refractivity contribution in [2.45, 2.75) is 19.9 Å². The maximum absolute atomic E-state index is 13.6. The molecule has 1 unspecified atom stereocenters. The average molecular weight is 309 g/mol. The number of non-ortho nitro benzene ring substituents is 1. The molecule has 0 heterocycles. The fraction of sp³-hybridized carbons (Fsp3) is 0.200. The third kappa shape index (κ3) is 3.49. The first-order chi connectivity index (χ1) is 9.88. The molecule has 0 saturated carbocycles. The highest BCUT2D eigenvalue weighted by atomic mass is 35.5. The maximum Gasteiger partial charge on any atom is 0.271 e. The molecule has 2 aromatic carbocycles. The highest BCUT2D eigenvalue weighted by Crippen LogP contribution is 2.30. The van der Waals surface area contributed by atoms with E-state index in [2.05, 4.69) is 5.32 Å². The number of nitro benzene ring substituents is 1. The molecular weight excluding hydrogens is 295 g/mol. The fourth-order valence-electron chi connectivity index (χ4n) is 1.93. The van der Waals surface area contributed by atoms with Gasteiger partial charge >= 0.3 is 0 Å². The Kier molecular flexibility index (Phi) is 4.43. The van der Waals surface area contributed by atoms with E-state index in [0.29, 0.717) is 11.3 Å². The van der Waals surface area contributed by atoms with Crippen molar-refractivity contribution in [2.24, 2.45) is 0 Å². The second-order valence-electron chi connectivity index (χ2n) is 4.80. The summed E-state index contributed by atoms with van der Waals surface area (Å²) in [7, 11) is 0. The Bertz CT molecular complexity index is 691. The van der Waals surface area contributed by atoms with Crippen molar-refractivity contribution in [3.8, 4) is 0 Å². The Hall–Kier alpha value is -2.14. The summed E-state index contributed by atoms with van der Waals surface area (Å²) < 4.78 is 13.6. The highest BCUT2D eigenvalue weighted by Gasteiger charge is 2.13. The summed E-state index contributed by atoms with van der Waals surface area (Å²) >= 11 is 6.02. The zero-order valence-electron chi connectivity index (χ0n) is 11.6. The van der Waals surface area contributed by atoms with Gasteiger partial charge in [-0.25, -0.2) is 4.39 Å². The van der Waals surface area contributed by atoms with Crippen LogP contribution in [0.2, 0.25) is 5.02 Å². The Morgan fingerprint density at radius 3 is 2.57 bits per heavy atom. The molecule has 2 rings (SSSR count). The number of nitrogens with one attached hydrogen (secondary N) is 1. The summed E-state index contributed by atoms with van der Waals surface area (Å²) in [4.78, 5) is 10.2. The summed E-state index contributed by atoms with van der Waals surface area (Å²) in [5.74, 6) is -0.268. The summed E-state index contributed by atoms with van der Waals surface area (Å²) in [6, 6.07) is 9.02. The zero-order chi connectivity index (χ0) is 15.6. The number of nitrogens with zero attached hydrogens (tertiary/aromatic N) is 1. The van der Waals surface area contributed by atoms with Gasteiger partial charge in [-0.3, -0.25) is 10.1 Å². The number of hydrogen-bond acceptors (Lipinski definition) is 3. The van der Waals surface area contributed by atoms with Crippen molar-refractivity contribution in [3.05, 3.63) is 68.5 Å². The van der Waals surface area contributed by atoms with Gasteiger partial charge in [-0.05, 0) is 37.1 Å². The van der Waals surface area contributed by atoms with Gasteiger partial charge in [0.05, 0.1) is 15.6 Å². The summed E-state index contributed by atoms with van der Waals surface area (Å²) in [6.07, 6.45) is 0. The standard InChI is InChI=1S/C15H14ClFN2O2/c1-9-3-4-11(7-14(9)17)10(2)18-15-6-5-12(19(20)21)8-13(15)16/h3-8,10,18H,1-2H3. The Morgan fingerprint density at radius 2 is 2.00 bits per heavy atom. The Balaban J connectivity index is 2.21. The van der Waals surface area contributed by atoms with Gasteiger partial charge in [0.1, 0.15) is 5.82 Å². The highest BCUT2D eigenvalue weighted by molar-refractivity contribution is 6.33. The SMILES string of the molecule is Cc1ccc(C(C)Nc2ccc([N+](=O)[O-])cc2Cl)cc1F. The number of aryl methyl sites for hydroxylation is 1. The second-order valence-corrected chi connectivity index (χ2v) is 5.20. The van der Waals surface area contributed by atoms with E-state index in [1.54, 1.807) is 19.1 Å². The van der Waals surface area contributed by atoms with Gasteiger partial charge in [-0.1, -0.05) is 23.7 Å². The number of anilines is 1. The lowest BCUT2D eigenvalue weighted by molar-refractivity contribution is -0.384. The van der Waals surface area contributed by atoms with Gasteiger partial charge in [-0.2, -0.15) is 0 Å². The maximum atomic E-state index is 13.6. The van der Waals surface area contributed by atoms with E-state index >= 15 is 0 Å². The van der Waals surface area contributed by atoms with Crippen LogP contribution in [0, 0.1) is 22.9 Å². The fourth-order valence-corrected chi connectivity index (χ4v) is 2.16. The molecule has 0 radical (unpaired) electrons. The number of rotatable bonds is 4. The minimum Gasteiger partial charge on any atom is -0.377 e. The number of nitro groups is 1. The van der Waals surface area contributed by atoms with Crippen molar-refractivity contribution >= 4 is 23.0 Å². The summed E-state index contributed by atoms with van der Waals surface area (Å²) in [5, 5.41) is 14.0. The molecule has 0 bridgehead atoms. The van der Waals surface area contributed by atoms with Crippen LogP contribution in [0.4, 0.5) is 15.8 Å². The van der Waals surface area contributed by atoms with Crippen molar-refractivity contribution in [1.29, 1.82) is 0 Å². The number of halogens is 2. The summed E-state index contributed by atoms with van der Waals surface area (Å²) in [5.41, 5.74) is 1.85. The lowest BCUT2D eigenvalue weighted by Gasteiger charge is -2.17. The molecule has 0 aromatic heterocycles. The first-order valence-electron chi connectivity index (χ1n) is 6.35. The van der Waals surface area contributed by atoms with Crippen LogP contribution in [0.3, 0.4) is 0 Å². The number of benzene rings is 2. The van der Waals surface area contributed by atoms with E-state index < -0.39 is 4.92 Å². The Labute approximate surface area is 126 Å². The van der Waals surface area contributed by atoms with E-state index in [1.807, 2.05) is 13.0 Å². The quantitative estimate of drug-likeness (QED) is 0.647. The van der Waals surface area contributed by atoms with Crippen molar-refractivity contribution in [3.63, 3.8) is 0 Å². The third-order valence-corrected chi connectivity index (χ3v) is 3.54. The van der Waals surface area contributed by atoms with Crippen LogP contribution in [0.15, 0.2) is 36.4 Å². The molecule has 6 heteroatoms. The molecule has 21 heavy (non-hydrogen) atoms. The van der Waals surface area contributed by atoms with E-state index in [4.69, 9.17) is 11.6 Å². The van der Waals surface area contributed by atoms with Crippen molar-refractivity contribution < 1.29 is 9.31 Å². The van der Waals surface area contributed by atoms with Crippen LogP contribution in [-0.4, -0.2) is 4.92 Å². The van der Waals surface area contributed by atoms with E-state index in [-0.39, 0.29) is 22.6 Å². The van der Waals surface area contributed by atoms with Crippen LogP contribution in [0.5, 0.6) is 0 Å². The molecular formula is C15H14ClFN2O2. The molecule has 0 spiro atoms. The molecule has 110 valence electrons. The molecule has 0 fully saturated rings. The van der Waals surface area contributed by atoms with Gasteiger partial charge in [0.25, 0.3) is 5.69 Å². The largest absolute Gasteiger partial charge is 0.377 e. The smallest absolute Gasteiger partial charge is 0.271 e. The Morgan fingerprint density at radius 1 is 1.29 bits per heavy atom. The molecule has 0 aliphatic heterocycles. The van der Waals surface area contributed by atoms with Gasteiger partial charge < -0.3 is 5.32 Å². The minimum atomic E-state index is -0.506. The van der Waals surface area contributed by atoms with Crippen LogP contribution in [0.25, 0.3) is 0 Å². The molecule has 1 N–H and O–H groups in total. The summed E-state index contributed by atoms with van der Waals surface area (Å²) in [6.45, 7) is 3.56. The van der Waals surface area contributed by atoms with Gasteiger partial charge in [-0.15, -0.1) is 0 Å². The van der Waals surface area contributed by atoms with Crippen LogP contribution in [-0.2, 0) is 0 Å². The van der Waals surface area contributed by atoms with E-state index in [0.717, 1.165) is 5.56 Å². The molecule has 2 aromatic rings. The molecule has 0 amide bonds. The van der Waals surface area contributed by atoms with Crippen LogP contribution >= 0.6 is 11.6 Å². The van der Waals surface area contributed by atoms with E-state index in [9.17, 15) is 14.5 Å². The first-order valence-corrected chi connectivity index (χ1v) is 6.73. The first kappa shape index (κ1) is 15.3. The van der Waals surface area contributed by atoms with E-state index in [1.165, 1.54) is 18.2 Å². The third-order valence-electron chi connectivity index (χ3n) is 3.23. The predicted octanol–water partition coefficient (Wildman–Crippen LogP) is 4.87. The monoisotopic (exact) mass is 308 g/mol. The van der Waals surface area contributed by atoms with Crippen molar-refractivity contribution in [1.82, 2.24) is 0 Å². The normalized spacial score (nSPS) is 12.0. The second kappa shape index (κ2) is 6.10. The van der Waals surface area contributed by atoms with Crippen LogP contribution in [0.1, 0.15) is 24.1 Å². The average Bonchev–Trinajstić information content (AvgIpc) is 2.43. The minimum absolute atomic E-state index is 0.0698. The lowest BCUT2D eigenvalue weighted by Crippen LogP contribution is -2.07. The van der Waals surface area contributed by atoms with Crippen molar-refractivity contribution in [2.75, 3.05) is 5.32 Å².